The second kappa shape index (κ2) is 5.21. The van der Waals surface area contributed by atoms with E-state index >= 15 is 0 Å². The summed E-state index contributed by atoms with van der Waals surface area (Å²) >= 11 is 0. The molecule has 1 heterocycles. The van der Waals surface area contributed by atoms with Crippen molar-refractivity contribution >= 4 is 12.0 Å². The van der Waals surface area contributed by atoms with Crippen LogP contribution < -0.4 is 10.6 Å². The fraction of sp³-hybridized carbons (Fsp3) is 0.667. The topological polar surface area (TPSA) is 67.4 Å². The van der Waals surface area contributed by atoms with Gasteiger partial charge in [0.25, 0.3) is 0 Å². The molecule has 0 saturated carbocycles. The predicted octanol–water partition coefficient (Wildman–Crippen LogP) is 1.20. The van der Waals surface area contributed by atoms with Crippen molar-refractivity contribution in [2.45, 2.75) is 38.8 Å². The van der Waals surface area contributed by atoms with Gasteiger partial charge in [-0.2, -0.15) is 0 Å². The Kier molecular flexibility index (Phi) is 4.15. The van der Waals surface area contributed by atoms with Crippen molar-refractivity contribution in [1.82, 2.24) is 10.6 Å². The van der Waals surface area contributed by atoms with Crippen LogP contribution in [0.5, 0.6) is 0 Å². The highest BCUT2D eigenvalue weighted by molar-refractivity contribution is 5.86. The second-order valence-corrected chi connectivity index (χ2v) is 5.18. The zero-order valence-corrected chi connectivity index (χ0v) is 10.6. The quantitative estimate of drug-likeness (QED) is 0.713. The number of amides is 2. The third-order valence-electron chi connectivity index (χ3n) is 2.42. The van der Waals surface area contributed by atoms with Gasteiger partial charge in [0, 0.05) is 6.54 Å². The molecule has 0 aromatic carbocycles. The lowest BCUT2D eigenvalue weighted by Crippen LogP contribution is -2.53. The van der Waals surface area contributed by atoms with Crippen molar-refractivity contribution in [2.24, 2.45) is 5.92 Å². The van der Waals surface area contributed by atoms with Gasteiger partial charge in [0.2, 0.25) is 5.91 Å². The van der Waals surface area contributed by atoms with Crippen LogP contribution in [0.1, 0.15) is 27.2 Å². The van der Waals surface area contributed by atoms with Gasteiger partial charge in [0.1, 0.15) is 11.6 Å². The van der Waals surface area contributed by atoms with Gasteiger partial charge in [-0.25, -0.2) is 4.79 Å². The van der Waals surface area contributed by atoms with Crippen molar-refractivity contribution in [3.05, 3.63) is 12.7 Å². The number of carbonyl (C=O) groups excluding carboxylic acids is 2. The molecule has 5 nitrogen and oxygen atoms in total. The van der Waals surface area contributed by atoms with Crippen LogP contribution in [0.15, 0.2) is 12.7 Å². The number of rotatable bonds is 2. The summed E-state index contributed by atoms with van der Waals surface area (Å²) in [6.07, 6.45) is 1.78. The molecule has 2 atom stereocenters. The molecule has 1 aliphatic rings. The summed E-state index contributed by atoms with van der Waals surface area (Å²) in [5.41, 5.74) is -0.562. The standard InChI is InChI=1S/C12H20N2O3/c1-5-8-6-9(10(15)13-7-8)14-11(16)17-12(2,3)4/h5,8-9H,1,6-7H2,2-4H3,(H,13,15)(H,14,16). The van der Waals surface area contributed by atoms with Crippen LogP contribution in [0.4, 0.5) is 4.79 Å². The minimum absolute atomic E-state index is 0.172. The first-order chi connectivity index (χ1) is 7.81. The summed E-state index contributed by atoms with van der Waals surface area (Å²) in [7, 11) is 0. The van der Waals surface area contributed by atoms with E-state index in [1.165, 1.54) is 0 Å². The second-order valence-electron chi connectivity index (χ2n) is 5.18. The number of ether oxygens (including phenoxy) is 1. The van der Waals surface area contributed by atoms with Gasteiger partial charge < -0.3 is 15.4 Å². The van der Waals surface area contributed by atoms with E-state index in [4.69, 9.17) is 4.74 Å². The van der Waals surface area contributed by atoms with Gasteiger partial charge >= 0.3 is 6.09 Å². The molecule has 2 unspecified atom stereocenters. The molecule has 0 spiro atoms. The Bertz CT molecular complexity index is 320. The van der Waals surface area contributed by atoms with E-state index in [0.29, 0.717) is 13.0 Å². The molecule has 2 N–H and O–H groups in total. The van der Waals surface area contributed by atoms with Gasteiger partial charge in [-0.05, 0) is 33.1 Å². The van der Waals surface area contributed by atoms with Gasteiger partial charge in [-0.1, -0.05) is 6.08 Å². The highest BCUT2D eigenvalue weighted by Crippen LogP contribution is 2.13. The molecule has 1 saturated heterocycles. The van der Waals surface area contributed by atoms with Crippen LogP contribution >= 0.6 is 0 Å². The zero-order valence-electron chi connectivity index (χ0n) is 10.6. The molecule has 1 rings (SSSR count). The number of hydrogen-bond acceptors (Lipinski definition) is 3. The Hall–Kier alpha value is -1.52. The minimum atomic E-state index is -0.567. The smallest absolute Gasteiger partial charge is 0.408 e. The summed E-state index contributed by atoms with van der Waals surface area (Å²) in [6, 6.07) is -0.540. The van der Waals surface area contributed by atoms with Gasteiger partial charge in [0.05, 0.1) is 0 Å². The number of hydrogen-bond donors (Lipinski definition) is 2. The van der Waals surface area contributed by atoms with Gasteiger partial charge in [-0.15, -0.1) is 6.58 Å². The SMILES string of the molecule is C=CC1CNC(=O)C(NC(=O)OC(C)(C)C)C1. The fourth-order valence-corrected chi connectivity index (χ4v) is 1.60. The normalized spacial score (nSPS) is 24.8. The average Bonchev–Trinajstić information content (AvgIpc) is 2.18. The van der Waals surface area contributed by atoms with E-state index in [0.717, 1.165) is 0 Å². The van der Waals surface area contributed by atoms with E-state index < -0.39 is 17.7 Å². The molecule has 0 aromatic heterocycles. The van der Waals surface area contributed by atoms with Crippen molar-refractivity contribution < 1.29 is 14.3 Å². The van der Waals surface area contributed by atoms with Crippen LogP contribution in [-0.2, 0) is 9.53 Å². The molecule has 17 heavy (non-hydrogen) atoms. The Labute approximate surface area is 102 Å². The van der Waals surface area contributed by atoms with Crippen molar-refractivity contribution in [2.75, 3.05) is 6.54 Å². The van der Waals surface area contributed by atoms with E-state index in [1.54, 1.807) is 26.8 Å². The van der Waals surface area contributed by atoms with E-state index in [-0.39, 0.29) is 11.8 Å². The summed E-state index contributed by atoms with van der Waals surface area (Å²) in [5.74, 6) is 0.0154. The first kappa shape index (κ1) is 13.5. The molecule has 5 heteroatoms. The van der Waals surface area contributed by atoms with Crippen molar-refractivity contribution in [1.29, 1.82) is 0 Å². The Balaban J connectivity index is 2.51. The lowest BCUT2D eigenvalue weighted by Gasteiger charge is -2.29. The molecular weight excluding hydrogens is 220 g/mol. The summed E-state index contributed by atoms with van der Waals surface area (Å²) < 4.78 is 5.10. The molecule has 1 fully saturated rings. The highest BCUT2D eigenvalue weighted by atomic mass is 16.6. The number of piperidine rings is 1. The molecule has 0 bridgehead atoms. The monoisotopic (exact) mass is 240 g/mol. The predicted molar refractivity (Wildman–Crippen MR) is 64.5 cm³/mol. The molecule has 0 aliphatic carbocycles. The Morgan fingerprint density at radius 1 is 1.59 bits per heavy atom. The number of nitrogens with one attached hydrogen (secondary N) is 2. The van der Waals surface area contributed by atoms with E-state index in [9.17, 15) is 9.59 Å². The minimum Gasteiger partial charge on any atom is -0.444 e. The van der Waals surface area contributed by atoms with E-state index in [2.05, 4.69) is 17.2 Å². The van der Waals surface area contributed by atoms with Gasteiger partial charge in [0.15, 0.2) is 0 Å². The highest BCUT2D eigenvalue weighted by Gasteiger charge is 2.29. The molecule has 1 aliphatic heterocycles. The fourth-order valence-electron chi connectivity index (χ4n) is 1.60. The Morgan fingerprint density at radius 3 is 2.76 bits per heavy atom. The summed E-state index contributed by atoms with van der Waals surface area (Å²) in [4.78, 5) is 23.1. The van der Waals surface area contributed by atoms with Crippen LogP contribution in [0.3, 0.4) is 0 Å². The van der Waals surface area contributed by atoms with Crippen LogP contribution in [0.2, 0.25) is 0 Å². The first-order valence-electron chi connectivity index (χ1n) is 5.71. The molecule has 96 valence electrons. The molecule has 0 aromatic rings. The maximum Gasteiger partial charge on any atom is 0.408 e. The molecule has 0 radical (unpaired) electrons. The third-order valence-corrected chi connectivity index (χ3v) is 2.42. The van der Waals surface area contributed by atoms with E-state index in [1.807, 2.05) is 0 Å². The summed E-state index contributed by atoms with van der Waals surface area (Å²) in [6.45, 7) is 9.60. The van der Waals surface area contributed by atoms with Crippen molar-refractivity contribution in [3.63, 3.8) is 0 Å². The van der Waals surface area contributed by atoms with Crippen LogP contribution in [0, 0.1) is 5.92 Å². The van der Waals surface area contributed by atoms with Crippen molar-refractivity contribution in [3.8, 4) is 0 Å². The lowest BCUT2D eigenvalue weighted by atomic mass is 9.95. The third kappa shape index (κ3) is 4.46. The Morgan fingerprint density at radius 2 is 2.24 bits per heavy atom. The number of alkyl carbamates (subject to hydrolysis) is 1. The van der Waals surface area contributed by atoms with Crippen LogP contribution in [0.25, 0.3) is 0 Å². The maximum atomic E-state index is 11.5. The first-order valence-corrected chi connectivity index (χ1v) is 5.71. The van der Waals surface area contributed by atoms with Crippen LogP contribution in [-0.4, -0.2) is 30.2 Å². The number of carbonyl (C=O) groups is 2. The maximum absolute atomic E-state index is 11.5. The van der Waals surface area contributed by atoms with Gasteiger partial charge in [-0.3, -0.25) is 4.79 Å². The molecular formula is C12H20N2O3. The largest absolute Gasteiger partial charge is 0.444 e. The molecule has 2 amide bonds. The average molecular weight is 240 g/mol. The zero-order chi connectivity index (χ0) is 13.1. The lowest BCUT2D eigenvalue weighted by molar-refractivity contribution is -0.125. The summed E-state index contributed by atoms with van der Waals surface area (Å²) in [5, 5.41) is 5.29.